The summed E-state index contributed by atoms with van der Waals surface area (Å²) in [5, 5.41) is 13.8. The van der Waals surface area contributed by atoms with E-state index in [1.165, 1.54) is 6.20 Å². The first-order valence-corrected chi connectivity index (χ1v) is 1.95. The van der Waals surface area contributed by atoms with Crippen molar-refractivity contribution in [2.24, 2.45) is 0 Å². The molecule has 0 amide bonds. The lowest BCUT2D eigenvalue weighted by molar-refractivity contribution is 0.0696. The van der Waals surface area contributed by atoms with Crippen LogP contribution >= 0.6 is 0 Å². The average molecular weight is 111 g/mol. The summed E-state index contributed by atoms with van der Waals surface area (Å²) >= 11 is 0. The number of aromatic nitrogens is 2. The quantitative estimate of drug-likeness (QED) is 0.532. The zero-order chi connectivity index (χ0) is 5.98. The maximum Gasteiger partial charge on any atom is 0.339 e. The number of carboxylic acid groups (broad SMARTS) is 1. The molecule has 1 aromatic heterocycles. The molecule has 0 fully saturated rings. The van der Waals surface area contributed by atoms with Gasteiger partial charge in [-0.1, -0.05) is 0 Å². The van der Waals surface area contributed by atoms with E-state index in [0.29, 0.717) is 0 Å². The van der Waals surface area contributed by atoms with E-state index in [9.17, 15) is 4.79 Å². The van der Waals surface area contributed by atoms with Crippen molar-refractivity contribution < 1.29 is 9.90 Å². The molecule has 1 heterocycles. The van der Waals surface area contributed by atoms with Crippen molar-refractivity contribution in [1.29, 1.82) is 0 Å². The number of H-pyrrole nitrogens is 1. The van der Waals surface area contributed by atoms with Crippen LogP contribution in [0.2, 0.25) is 0 Å². The Morgan fingerprint density at radius 3 is 3.00 bits per heavy atom. The third kappa shape index (κ3) is 0.676. The fourth-order valence-electron chi connectivity index (χ4n) is 0.331. The van der Waals surface area contributed by atoms with E-state index >= 15 is 0 Å². The first-order chi connectivity index (χ1) is 3.80. The molecule has 0 saturated heterocycles. The van der Waals surface area contributed by atoms with Gasteiger partial charge in [-0.25, -0.2) is 4.79 Å². The number of hydrogen-bond acceptors (Lipinski definition) is 2. The smallest absolute Gasteiger partial charge is 0.339 e. The Bertz CT molecular complexity index is 180. The Morgan fingerprint density at radius 2 is 2.75 bits per heavy atom. The highest BCUT2D eigenvalue weighted by Gasteiger charge is 2.00. The maximum absolute atomic E-state index is 9.97. The third-order valence-electron chi connectivity index (χ3n) is 0.680. The number of carboxylic acids is 1. The fraction of sp³-hybridized carbons (Fsp3) is 0. The molecule has 0 aliphatic carbocycles. The second-order valence-electron chi connectivity index (χ2n) is 1.22. The Morgan fingerprint density at radius 1 is 2.00 bits per heavy atom. The molecule has 0 spiro atoms. The normalized spacial score (nSPS) is 9.00. The first-order valence-electron chi connectivity index (χ1n) is 1.95. The number of aromatic carboxylic acids is 1. The second kappa shape index (κ2) is 1.65. The molecule has 8 heavy (non-hydrogen) atoms. The summed E-state index contributed by atoms with van der Waals surface area (Å²) < 4.78 is 0. The van der Waals surface area contributed by atoms with E-state index in [1.807, 2.05) is 0 Å². The van der Waals surface area contributed by atoms with Crippen molar-refractivity contribution in [2.45, 2.75) is 0 Å². The van der Waals surface area contributed by atoms with Gasteiger partial charge in [0.25, 0.3) is 0 Å². The van der Waals surface area contributed by atoms with Gasteiger partial charge < -0.3 is 5.11 Å². The SMILES string of the molecule is O=C(O)c1[c]n[nH]c1. The van der Waals surface area contributed by atoms with Gasteiger partial charge in [0.2, 0.25) is 0 Å². The highest BCUT2D eigenvalue weighted by Crippen LogP contribution is 1.89. The molecule has 41 valence electrons. The molecule has 0 aromatic carbocycles. The second-order valence-corrected chi connectivity index (χ2v) is 1.22. The van der Waals surface area contributed by atoms with Crippen LogP contribution in [0, 0.1) is 6.20 Å². The van der Waals surface area contributed by atoms with E-state index < -0.39 is 5.97 Å². The van der Waals surface area contributed by atoms with E-state index in [2.05, 4.69) is 16.4 Å². The zero-order valence-electron chi connectivity index (χ0n) is 3.88. The number of nitrogens with one attached hydrogen (secondary N) is 1. The number of hydrogen-bond donors (Lipinski definition) is 2. The van der Waals surface area contributed by atoms with Gasteiger partial charge in [0, 0.05) is 6.20 Å². The summed E-state index contributed by atoms with van der Waals surface area (Å²) in [4.78, 5) is 9.97. The van der Waals surface area contributed by atoms with Crippen molar-refractivity contribution in [3.8, 4) is 0 Å². The minimum absolute atomic E-state index is 0.0602. The van der Waals surface area contributed by atoms with E-state index in [4.69, 9.17) is 5.11 Å². The van der Waals surface area contributed by atoms with Crippen LogP contribution in [-0.4, -0.2) is 21.3 Å². The van der Waals surface area contributed by atoms with E-state index in [1.54, 1.807) is 0 Å². The summed E-state index contributed by atoms with van der Waals surface area (Å²) in [6, 6.07) is 0. The molecule has 1 aromatic rings. The van der Waals surface area contributed by atoms with Gasteiger partial charge in [0.15, 0.2) is 0 Å². The molecule has 0 aliphatic heterocycles. The van der Waals surface area contributed by atoms with E-state index in [0.717, 1.165) is 0 Å². The Kier molecular flexibility index (Phi) is 0.997. The topological polar surface area (TPSA) is 66.0 Å². The van der Waals surface area contributed by atoms with Gasteiger partial charge in [-0.05, 0) is 0 Å². The molecular weight excluding hydrogens is 108 g/mol. The van der Waals surface area contributed by atoms with Gasteiger partial charge in [-0.2, -0.15) is 5.10 Å². The molecule has 0 saturated carbocycles. The lowest BCUT2D eigenvalue weighted by Crippen LogP contribution is -1.91. The lowest BCUT2D eigenvalue weighted by Gasteiger charge is -1.76. The first kappa shape index (κ1) is 4.83. The number of aromatic amines is 1. The minimum Gasteiger partial charge on any atom is -0.478 e. The van der Waals surface area contributed by atoms with Gasteiger partial charge in [0.1, 0.15) is 11.8 Å². The van der Waals surface area contributed by atoms with Crippen LogP contribution in [-0.2, 0) is 0 Å². The summed E-state index contributed by atoms with van der Waals surface area (Å²) in [6.07, 6.45) is 3.50. The minimum atomic E-state index is -1.02. The molecular formula is C4H3N2O2. The molecule has 1 radical (unpaired) electrons. The van der Waals surface area contributed by atoms with Gasteiger partial charge in [-0.3, -0.25) is 5.10 Å². The standard InChI is InChI=1S/C4H3N2O2/c7-4(8)3-1-5-6-2-3/h1H,(H,5,6)(H,7,8). The average Bonchev–Trinajstić information content (AvgIpc) is 2.12. The van der Waals surface area contributed by atoms with Crippen molar-refractivity contribution in [3.63, 3.8) is 0 Å². The van der Waals surface area contributed by atoms with Crippen LogP contribution in [0.4, 0.5) is 0 Å². The van der Waals surface area contributed by atoms with Gasteiger partial charge in [-0.15, -0.1) is 0 Å². The number of carbonyl (C=O) groups is 1. The van der Waals surface area contributed by atoms with Crippen molar-refractivity contribution in [1.82, 2.24) is 10.2 Å². The van der Waals surface area contributed by atoms with Crippen LogP contribution in [0.5, 0.6) is 0 Å². The molecule has 2 N–H and O–H groups in total. The Labute approximate surface area is 45.1 Å². The van der Waals surface area contributed by atoms with Crippen LogP contribution in [0.3, 0.4) is 0 Å². The van der Waals surface area contributed by atoms with E-state index in [-0.39, 0.29) is 5.56 Å². The molecule has 4 nitrogen and oxygen atoms in total. The monoisotopic (exact) mass is 111 g/mol. The molecule has 0 bridgehead atoms. The summed E-state index contributed by atoms with van der Waals surface area (Å²) in [5.41, 5.74) is 0.0602. The summed E-state index contributed by atoms with van der Waals surface area (Å²) in [5.74, 6) is -1.02. The third-order valence-corrected chi connectivity index (χ3v) is 0.680. The van der Waals surface area contributed by atoms with Crippen LogP contribution < -0.4 is 0 Å². The van der Waals surface area contributed by atoms with Crippen LogP contribution in [0.25, 0.3) is 0 Å². The van der Waals surface area contributed by atoms with Crippen LogP contribution in [0.15, 0.2) is 6.20 Å². The molecule has 0 aliphatic rings. The molecule has 0 unspecified atom stereocenters. The fourth-order valence-corrected chi connectivity index (χ4v) is 0.331. The maximum atomic E-state index is 9.97. The predicted molar refractivity (Wildman–Crippen MR) is 24.4 cm³/mol. The summed E-state index contributed by atoms with van der Waals surface area (Å²) in [7, 11) is 0. The highest BCUT2D eigenvalue weighted by atomic mass is 16.4. The predicted octanol–water partition coefficient (Wildman–Crippen LogP) is -0.0919. The molecule has 0 atom stereocenters. The lowest BCUT2D eigenvalue weighted by atomic mass is 10.4. The largest absolute Gasteiger partial charge is 0.478 e. The molecule has 4 heteroatoms. The highest BCUT2D eigenvalue weighted by molar-refractivity contribution is 5.86. The number of nitrogens with zero attached hydrogens (tertiary/aromatic N) is 1. The number of rotatable bonds is 1. The van der Waals surface area contributed by atoms with Crippen molar-refractivity contribution >= 4 is 5.97 Å². The van der Waals surface area contributed by atoms with Gasteiger partial charge >= 0.3 is 5.97 Å². The molecule has 1 rings (SSSR count). The zero-order valence-corrected chi connectivity index (χ0v) is 3.88. The summed E-state index contributed by atoms with van der Waals surface area (Å²) in [6.45, 7) is 0. The van der Waals surface area contributed by atoms with Crippen molar-refractivity contribution in [3.05, 3.63) is 18.0 Å². The van der Waals surface area contributed by atoms with Crippen LogP contribution in [0.1, 0.15) is 10.4 Å². The Balaban J connectivity index is 2.93. The Hall–Kier alpha value is -1.32. The van der Waals surface area contributed by atoms with Crippen molar-refractivity contribution in [2.75, 3.05) is 0 Å². The van der Waals surface area contributed by atoms with Gasteiger partial charge in [0.05, 0.1) is 0 Å².